The van der Waals surface area contributed by atoms with Crippen LogP contribution < -0.4 is 10.2 Å². The number of anilines is 2. The van der Waals surface area contributed by atoms with Crippen LogP contribution in [0.3, 0.4) is 0 Å². The highest BCUT2D eigenvalue weighted by molar-refractivity contribution is 6.35. The average Bonchev–Trinajstić information content (AvgIpc) is 2.73. The van der Waals surface area contributed by atoms with Crippen molar-refractivity contribution in [3.8, 4) is 0 Å². The molecule has 2 unspecified atom stereocenters. The molecule has 2 saturated heterocycles. The third-order valence-electron chi connectivity index (χ3n) is 6.52. The van der Waals surface area contributed by atoms with Crippen molar-refractivity contribution in [2.45, 2.75) is 32.7 Å². The zero-order valence-corrected chi connectivity index (χ0v) is 20.6. The second kappa shape index (κ2) is 10.9. The van der Waals surface area contributed by atoms with Crippen LogP contribution in [-0.2, 0) is 9.53 Å². The monoisotopic (exact) mass is 491 g/mol. The zero-order chi connectivity index (χ0) is 23.4. The van der Waals surface area contributed by atoms with Gasteiger partial charge in [-0.25, -0.2) is 4.98 Å². The number of aromatic nitrogens is 2. The molecular weight excluding hydrogens is 461 g/mol. The quantitative estimate of drug-likeness (QED) is 0.537. The van der Waals surface area contributed by atoms with E-state index in [1.165, 1.54) is 6.42 Å². The van der Waals surface area contributed by atoms with E-state index in [1.54, 1.807) is 12.3 Å². The lowest BCUT2D eigenvalue weighted by molar-refractivity contribution is -0.145. The van der Waals surface area contributed by atoms with Crippen molar-refractivity contribution < 1.29 is 9.53 Å². The molecule has 178 valence electrons. The highest BCUT2D eigenvalue weighted by Crippen LogP contribution is 2.34. The number of ether oxygens (including phenoxy) is 1. The Morgan fingerprint density at radius 2 is 2.06 bits per heavy atom. The fraction of sp³-hybridized carbons (Fsp3) is 0.542. The first-order chi connectivity index (χ1) is 15.9. The maximum absolute atomic E-state index is 11.8. The van der Waals surface area contributed by atoms with Crippen molar-refractivity contribution in [3.63, 3.8) is 0 Å². The molecule has 3 heterocycles. The molecule has 9 heteroatoms. The summed E-state index contributed by atoms with van der Waals surface area (Å²) in [6.45, 7) is 8.59. The number of piperidine rings is 1. The second-order valence-electron chi connectivity index (χ2n) is 8.90. The molecule has 1 aromatic carbocycles. The van der Waals surface area contributed by atoms with Crippen LogP contribution in [0.2, 0.25) is 10.0 Å². The highest BCUT2D eigenvalue weighted by Gasteiger charge is 2.36. The van der Waals surface area contributed by atoms with Gasteiger partial charge in [-0.15, -0.1) is 0 Å². The Morgan fingerprint density at radius 3 is 2.82 bits per heavy atom. The van der Waals surface area contributed by atoms with Crippen LogP contribution in [0.1, 0.15) is 38.3 Å². The van der Waals surface area contributed by atoms with E-state index >= 15 is 0 Å². The van der Waals surface area contributed by atoms with Gasteiger partial charge < -0.3 is 15.0 Å². The first-order valence-electron chi connectivity index (χ1n) is 11.6. The number of esters is 1. The van der Waals surface area contributed by atoms with Gasteiger partial charge in [-0.2, -0.15) is 0 Å². The molecule has 33 heavy (non-hydrogen) atoms. The molecule has 0 amide bonds. The molecule has 4 rings (SSSR count). The number of hydrogen-bond acceptors (Lipinski definition) is 7. The molecule has 7 nitrogen and oxygen atoms in total. The Labute approximate surface area is 205 Å². The molecule has 0 bridgehead atoms. The third kappa shape index (κ3) is 6.08. The van der Waals surface area contributed by atoms with Gasteiger partial charge in [-0.1, -0.05) is 29.3 Å². The van der Waals surface area contributed by atoms with E-state index in [-0.39, 0.29) is 12.0 Å². The summed E-state index contributed by atoms with van der Waals surface area (Å²) in [7, 11) is 0. The lowest BCUT2D eigenvalue weighted by Gasteiger charge is -2.46. The van der Waals surface area contributed by atoms with Crippen LogP contribution in [0.4, 0.5) is 11.6 Å². The van der Waals surface area contributed by atoms with Gasteiger partial charge in [-0.05, 0) is 62.8 Å². The number of likely N-dealkylation sites (tertiary alicyclic amines) is 1. The lowest BCUT2D eigenvalue weighted by atomic mass is 9.80. The van der Waals surface area contributed by atoms with Crippen LogP contribution >= 0.6 is 23.2 Å². The van der Waals surface area contributed by atoms with E-state index in [4.69, 9.17) is 32.9 Å². The van der Waals surface area contributed by atoms with Gasteiger partial charge >= 0.3 is 5.97 Å². The third-order valence-corrected chi connectivity index (χ3v) is 7.08. The predicted molar refractivity (Wildman–Crippen MR) is 132 cm³/mol. The van der Waals surface area contributed by atoms with Gasteiger partial charge in [0.2, 0.25) is 0 Å². The van der Waals surface area contributed by atoms with Crippen molar-refractivity contribution in [2.24, 2.45) is 11.8 Å². The van der Waals surface area contributed by atoms with Gasteiger partial charge in [0.05, 0.1) is 31.6 Å². The number of benzene rings is 1. The number of hydrogen-bond donors (Lipinski definition) is 1. The minimum absolute atomic E-state index is 0.0314. The van der Waals surface area contributed by atoms with Gasteiger partial charge in [0.1, 0.15) is 11.6 Å². The molecule has 0 spiro atoms. The minimum Gasteiger partial charge on any atom is -0.465 e. The summed E-state index contributed by atoms with van der Waals surface area (Å²) in [5.74, 6) is 2.69. The Balaban J connectivity index is 1.31. The SMILES string of the molecule is CCOC(=O)CN1CCCC(C2CN(c3cncc(NC(C)c4ccc(Cl)cc4Cl)n3)C2)C1. The summed E-state index contributed by atoms with van der Waals surface area (Å²) < 4.78 is 5.11. The predicted octanol–water partition coefficient (Wildman–Crippen LogP) is 4.67. The summed E-state index contributed by atoms with van der Waals surface area (Å²) in [6, 6.07) is 5.48. The standard InChI is InChI=1S/C24H31Cl2N5O2/c1-3-33-24(32)15-30-8-4-5-17(12-30)18-13-31(14-18)23-11-27-10-22(29-23)28-16(2)20-7-6-19(25)9-21(20)26/h6-7,9-11,16-18H,3-5,8,12-15H2,1-2H3,(H,28,29). The summed E-state index contributed by atoms with van der Waals surface area (Å²) >= 11 is 12.4. The second-order valence-corrected chi connectivity index (χ2v) is 9.75. The van der Waals surface area contributed by atoms with Gasteiger partial charge in [0.25, 0.3) is 0 Å². The van der Waals surface area contributed by atoms with Crippen LogP contribution in [0, 0.1) is 11.8 Å². The number of halogens is 2. The fourth-order valence-corrected chi connectivity index (χ4v) is 5.31. The molecule has 2 aromatic rings. The smallest absolute Gasteiger partial charge is 0.320 e. The van der Waals surface area contributed by atoms with E-state index in [2.05, 4.69) is 20.1 Å². The summed E-state index contributed by atoms with van der Waals surface area (Å²) in [5.41, 5.74) is 0.960. The average molecular weight is 492 g/mol. The first-order valence-corrected chi connectivity index (χ1v) is 12.3. The van der Waals surface area contributed by atoms with Gasteiger partial charge in [-0.3, -0.25) is 14.7 Å². The molecule has 0 aliphatic carbocycles. The van der Waals surface area contributed by atoms with Crippen molar-refractivity contribution in [1.29, 1.82) is 0 Å². The van der Waals surface area contributed by atoms with E-state index in [0.717, 1.165) is 44.0 Å². The maximum atomic E-state index is 11.8. The number of carbonyl (C=O) groups is 1. The van der Waals surface area contributed by atoms with Crippen molar-refractivity contribution in [1.82, 2.24) is 14.9 Å². The Bertz CT molecular complexity index is 970. The molecule has 2 atom stereocenters. The molecule has 2 aliphatic rings. The van der Waals surface area contributed by atoms with Gasteiger partial charge in [0, 0.05) is 29.7 Å². The fourth-order valence-electron chi connectivity index (χ4n) is 4.74. The summed E-state index contributed by atoms with van der Waals surface area (Å²) in [5, 5.41) is 4.64. The largest absolute Gasteiger partial charge is 0.465 e. The molecule has 1 N–H and O–H groups in total. The van der Waals surface area contributed by atoms with Crippen molar-refractivity contribution in [3.05, 3.63) is 46.2 Å². The Morgan fingerprint density at radius 1 is 1.24 bits per heavy atom. The molecule has 2 fully saturated rings. The van der Waals surface area contributed by atoms with Crippen LogP contribution in [0.15, 0.2) is 30.6 Å². The van der Waals surface area contributed by atoms with Crippen molar-refractivity contribution >= 4 is 40.8 Å². The molecule has 1 aromatic heterocycles. The van der Waals surface area contributed by atoms with Gasteiger partial charge in [0.15, 0.2) is 0 Å². The molecular formula is C24H31Cl2N5O2. The minimum atomic E-state index is -0.123. The molecule has 0 radical (unpaired) electrons. The van der Waals surface area contributed by atoms with E-state index in [1.807, 2.05) is 32.2 Å². The summed E-state index contributed by atoms with van der Waals surface area (Å²) in [6.07, 6.45) is 5.89. The van der Waals surface area contributed by atoms with Crippen molar-refractivity contribution in [2.75, 3.05) is 49.5 Å². The zero-order valence-electron chi connectivity index (χ0n) is 19.1. The maximum Gasteiger partial charge on any atom is 0.320 e. The topological polar surface area (TPSA) is 70.6 Å². The summed E-state index contributed by atoms with van der Waals surface area (Å²) in [4.78, 5) is 25.5. The normalized spacial score (nSPS) is 20.2. The molecule has 2 aliphatic heterocycles. The Hall–Kier alpha value is -2.09. The number of rotatable bonds is 8. The Kier molecular flexibility index (Phi) is 7.94. The number of carbonyl (C=O) groups excluding carboxylic acids is 1. The highest BCUT2D eigenvalue weighted by atomic mass is 35.5. The van der Waals surface area contributed by atoms with E-state index < -0.39 is 0 Å². The first kappa shape index (κ1) is 24.0. The van der Waals surface area contributed by atoms with Crippen LogP contribution in [0.5, 0.6) is 0 Å². The van der Waals surface area contributed by atoms with Crippen LogP contribution in [-0.4, -0.2) is 60.2 Å². The number of nitrogens with one attached hydrogen (secondary N) is 1. The van der Waals surface area contributed by atoms with E-state index in [9.17, 15) is 4.79 Å². The van der Waals surface area contributed by atoms with E-state index in [0.29, 0.717) is 40.9 Å². The number of nitrogens with zero attached hydrogens (tertiary/aromatic N) is 4. The molecule has 0 saturated carbocycles. The van der Waals surface area contributed by atoms with Crippen LogP contribution in [0.25, 0.3) is 0 Å². The lowest BCUT2D eigenvalue weighted by Crippen LogP contribution is -2.54.